The van der Waals surface area contributed by atoms with Crippen LogP contribution in [0.4, 0.5) is 8.78 Å². The molecule has 2 aromatic rings. The van der Waals surface area contributed by atoms with E-state index in [9.17, 15) is 18.7 Å². The molecular formula is C16H17F2N3O2. The first-order valence-corrected chi connectivity index (χ1v) is 7.42. The molecule has 0 amide bonds. The van der Waals surface area contributed by atoms with E-state index in [2.05, 4.69) is 4.98 Å². The topological polar surface area (TPSA) is 81.1 Å². The molecule has 1 fully saturated rings. The zero-order valence-corrected chi connectivity index (χ0v) is 12.4. The molecule has 1 aliphatic rings. The number of benzene rings is 1. The molecule has 0 bridgehead atoms. The fourth-order valence-corrected chi connectivity index (χ4v) is 3.07. The maximum atomic E-state index is 13.3. The van der Waals surface area contributed by atoms with E-state index < -0.39 is 23.0 Å². The highest BCUT2D eigenvalue weighted by Crippen LogP contribution is 2.56. The van der Waals surface area contributed by atoms with Gasteiger partial charge in [-0.2, -0.15) is 0 Å². The number of rotatable bonds is 6. The van der Waals surface area contributed by atoms with Crippen molar-refractivity contribution in [3.8, 4) is 5.69 Å². The minimum atomic E-state index is -0.987. The van der Waals surface area contributed by atoms with Gasteiger partial charge in [-0.25, -0.2) is 13.8 Å². The van der Waals surface area contributed by atoms with Crippen molar-refractivity contribution in [3.05, 3.63) is 48.1 Å². The quantitative estimate of drug-likeness (QED) is 0.855. The lowest BCUT2D eigenvalue weighted by molar-refractivity contribution is -0.140. The highest BCUT2D eigenvalue weighted by atomic mass is 19.2. The summed E-state index contributed by atoms with van der Waals surface area (Å²) in [4.78, 5) is 15.9. The minimum absolute atomic E-state index is 0.0110. The zero-order valence-electron chi connectivity index (χ0n) is 12.4. The van der Waals surface area contributed by atoms with Crippen LogP contribution in [0.15, 0.2) is 30.7 Å². The van der Waals surface area contributed by atoms with Crippen LogP contribution < -0.4 is 5.73 Å². The molecule has 23 heavy (non-hydrogen) atoms. The molecule has 0 saturated heterocycles. The summed E-state index contributed by atoms with van der Waals surface area (Å²) in [6.45, 7) is 0.523. The van der Waals surface area contributed by atoms with Crippen molar-refractivity contribution in [3.63, 3.8) is 0 Å². The van der Waals surface area contributed by atoms with Crippen LogP contribution >= 0.6 is 0 Å². The number of carboxylic acid groups (broad SMARTS) is 1. The van der Waals surface area contributed by atoms with Crippen molar-refractivity contribution < 1.29 is 18.7 Å². The first-order valence-electron chi connectivity index (χ1n) is 7.42. The predicted octanol–water partition coefficient (Wildman–Crippen LogP) is 2.23. The van der Waals surface area contributed by atoms with Crippen LogP contribution in [0, 0.1) is 17.6 Å². The minimum Gasteiger partial charge on any atom is -0.481 e. The van der Waals surface area contributed by atoms with Crippen molar-refractivity contribution in [2.24, 2.45) is 11.7 Å². The van der Waals surface area contributed by atoms with Crippen LogP contribution in [0.1, 0.15) is 25.0 Å². The summed E-state index contributed by atoms with van der Waals surface area (Å²) in [5, 5.41) is 9.60. The third-order valence-corrected chi connectivity index (χ3v) is 4.48. The van der Waals surface area contributed by atoms with Gasteiger partial charge >= 0.3 is 5.97 Å². The summed E-state index contributed by atoms with van der Waals surface area (Å²) in [5.41, 5.74) is 5.33. The monoisotopic (exact) mass is 321 g/mol. The molecular weight excluding hydrogens is 304 g/mol. The van der Waals surface area contributed by atoms with Crippen LogP contribution in [0.2, 0.25) is 0 Å². The van der Waals surface area contributed by atoms with Crippen LogP contribution in [-0.2, 0) is 10.2 Å². The number of aromatic nitrogens is 2. The Morgan fingerprint density at radius 1 is 1.43 bits per heavy atom. The van der Waals surface area contributed by atoms with Crippen molar-refractivity contribution in [1.82, 2.24) is 9.55 Å². The Morgan fingerprint density at radius 3 is 2.87 bits per heavy atom. The number of nitrogens with zero attached hydrogens (tertiary/aromatic N) is 2. The zero-order chi connectivity index (χ0) is 16.6. The second kappa shape index (κ2) is 5.73. The van der Waals surface area contributed by atoms with E-state index in [0.717, 1.165) is 25.0 Å². The van der Waals surface area contributed by atoms with E-state index >= 15 is 0 Å². The molecule has 1 saturated carbocycles. The van der Waals surface area contributed by atoms with Crippen molar-refractivity contribution >= 4 is 5.97 Å². The van der Waals surface area contributed by atoms with Gasteiger partial charge in [0.15, 0.2) is 11.6 Å². The van der Waals surface area contributed by atoms with E-state index in [0.29, 0.717) is 24.3 Å². The lowest BCUT2D eigenvalue weighted by Crippen LogP contribution is -2.23. The van der Waals surface area contributed by atoms with Crippen molar-refractivity contribution in [2.75, 3.05) is 6.54 Å². The first-order chi connectivity index (χ1) is 11.0. The lowest BCUT2D eigenvalue weighted by Gasteiger charge is -2.09. The molecule has 0 spiro atoms. The molecule has 1 aromatic heterocycles. The van der Waals surface area contributed by atoms with Gasteiger partial charge in [-0.1, -0.05) is 0 Å². The Morgan fingerprint density at radius 2 is 2.22 bits per heavy atom. The molecule has 3 rings (SSSR count). The van der Waals surface area contributed by atoms with Gasteiger partial charge in [0.1, 0.15) is 5.41 Å². The van der Waals surface area contributed by atoms with Crippen LogP contribution in [-0.4, -0.2) is 27.2 Å². The molecule has 2 atom stereocenters. The van der Waals surface area contributed by atoms with Crippen LogP contribution in [0.3, 0.4) is 0 Å². The highest BCUT2D eigenvalue weighted by Gasteiger charge is 2.62. The number of nitrogens with two attached hydrogens (primary N) is 1. The largest absolute Gasteiger partial charge is 0.481 e. The van der Waals surface area contributed by atoms with E-state index in [1.165, 1.54) is 17.0 Å². The number of aliphatic carboxylic acids is 1. The Hall–Kier alpha value is -2.28. The Balaban J connectivity index is 1.88. The summed E-state index contributed by atoms with van der Waals surface area (Å²) >= 11 is 0. The van der Waals surface area contributed by atoms with E-state index in [1.54, 1.807) is 6.20 Å². The second-order valence-corrected chi connectivity index (χ2v) is 5.87. The summed E-state index contributed by atoms with van der Waals surface area (Å²) in [6, 6.07) is 3.49. The molecule has 2 unspecified atom stereocenters. The molecule has 1 aliphatic carbocycles. The summed E-state index contributed by atoms with van der Waals surface area (Å²) < 4.78 is 27.8. The molecule has 1 heterocycles. The molecule has 1 aromatic carbocycles. The second-order valence-electron chi connectivity index (χ2n) is 5.87. The fraction of sp³-hybridized carbons (Fsp3) is 0.375. The predicted molar refractivity (Wildman–Crippen MR) is 79.2 cm³/mol. The lowest BCUT2D eigenvalue weighted by atomic mass is 9.98. The molecule has 122 valence electrons. The maximum absolute atomic E-state index is 13.3. The smallest absolute Gasteiger partial charge is 0.316 e. The molecule has 3 N–H and O–H groups in total. The van der Waals surface area contributed by atoms with E-state index in [1.807, 2.05) is 0 Å². The first kappa shape index (κ1) is 15.6. The molecule has 7 heteroatoms. The summed E-state index contributed by atoms with van der Waals surface area (Å²) in [7, 11) is 0. The Labute approximate surface area is 131 Å². The van der Waals surface area contributed by atoms with Gasteiger partial charge in [0.2, 0.25) is 0 Å². The maximum Gasteiger partial charge on any atom is 0.316 e. The van der Waals surface area contributed by atoms with Crippen molar-refractivity contribution in [1.29, 1.82) is 0 Å². The van der Waals surface area contributed by atoms with Crippen LogP contribution in [0.25, 0.3) is 5.69 Å². The molecule has 0 radical (unpaired) electrons. The SMILES string of the molecule is NCCCC1CC1(C(=O)O)c1cn(-c2ccc(F)c(F)c2)cn1. The number of carbonyl (C=O) groups is 1. The van der Waals surface area contributed by atoms with Gasteiger partial charge in [-0.05, 0) is 43.9 Å². The van der Waals surface area contributed by atoms with Gasteiger partial charge in [-0.15, -0.1) is 0 Å². The normalized spacial score (nSPS) is 23.0. The highest BCUT2D eigenvalue weighted by molar-refractivity contribution is 5.85. The van der Waals surface area contributed by atoms with Crippen molar-refractivity contribution in [2.45, 2.75) is 24.7 Å². The Kier molecular flexibility index (Phi) is 3.89. The third kappa shape index (κ3) is 2.61. The average Bonchev–Trinajstić information content (AvgIpc) is 3.06. The third-order valence-electron chi connectivity index (χ3n) is 4.48. The van der Waals surface area contributed by atoms with Gasteiger partial charge in [0, 0.05) is 18.0 Å². The van der Waals surface area contributed by atoms with E-state index in [4.69, 9.17) is 5.73 Å². The number of hydrogen-bond acceptors (Lipinski definition) is 3. The number of carboxylic acids is 1. The summed E-state index contributed by atoms with van der Waals surface area (Å²) in [5.74, 6) is -2.79. The average molecular weight is 321 g/mol. The summed E-state index contributed by atoms with van der Waals surface area (Å²) in [6.07, 6.45) is 5.02. The fourth-order valence-electron chi connectivity index (χ4n) is 3.07. The van der Waals surface area contributed by atoms with Gasteiger partial charge < -0.3 is 15.4 Å². The Bertz CT molecular complexity index is 747. The van der Waals surface area contributed by atoms with E-state index in [-0.39, 0.29) is 5.92 Å². The number of halogens is 2. The standard InChI is InChI=1S/C16H17F2N3O2/c17-12-4-3-11(6-13(12)18)21-8-14(20-9-21)16(15(22)23)7-10(16)2-1-5-19/h3-4,6,8-10H,1-2,5,7,19H2,(H,22,23). The van der Waals surface area contributed by atoms with Gasteiger partial charge in [0.25, 0.3) is 0 Å². The van der Waals surface area contributed by atoms with Gasteiger partial charge in [0.05, 0.1) is 12.0 Å². The van der Waals surface area contributed by atoms with Crippen LogP contribution in [0.5, 0.6) is 0 Å². The molecule has 0 aliphatic heterocycles. The van der Waals surface area contributed by atoms with Gasteiger partial charge in [-0.3, -0.25) is 4.79 Å². The number of hydrogen-bond donors (Lipinski definition) is 2. The molecule has 5 nitrogen and oxygen atoms in total. The number of imidazole rings is 1.